The van der Waals surface area contributed by atoms with Gasteiger partial charge in [-0.15, -0.1) is 0 Å². The third-order valence-corrected chi connectivity index (χ3v) is 3.84. The van der Waals surface area contributed by atoms with Crippen molar-refractivity contribution in [2.45, 2.75) is 32.5 Å². The first-order chi connectivity index (χ1) is 10.6. The monoisotopic (exact) mass is 308 g/mol. The number of quaternary nitrogens is 1. The predicted octanol–water partition coefficient (Wildman–Crippen LogP) is 0.934. The van der Waals surface area contributed by atoms with E-state index in [2.05, 4.69) is 18.6 Å². The fraction of sp³-hybridized carbons (Fsp3) is 0.588. The van der Waals surface area contributed by atoms with Crippen LogP contribution >= 0.6 is 0 Å². The van der Waals surface area contributed by atoms with E-state index in [9.17, 15) is 4.79 Å². The molecule has 1 heterocycles. The van der Waals surface area contributed by atoms with Crippen molar-refractivity contribution in [2.75, 3.05) is 33.4 Å². The molecule has 1 aromatic carbocycles. The van der Waals surface area contributed by atoms with Gasteiger partial charge >= 0.3 is 5.97 Å². The van der Waals surface area contributed by atoms with Crippen molar-refractivity contribution in [3.05, 3.63) is 29.8 Å². The smallest absolute Gasteiger partial charge is 0.337 e. The molecule has 0 spiro atoms. The van der Waals surface area contributed by atoms with Gasteiger partial charge in [0.05, 0.1) is 25.8 Å². The molecule has 1 aliphatic rings. The van der Waals surface area contributed by atoms with Crippen LogP contribution in [0.3, 0.4) is 0 Å². The number of carbonyl (C=O) groups excluding carboxylic acids is 1. The number of ether oxygens (including phenoxy) is 3. The van der Waals surface area contributed by atoms with Crippen molar-refractivity contribution in [1.29, 1.82) is 0 Å². The normalized spacial score (nSPS) is 24.8. The Morgan fingerprint density at radius 1 is 1.23 bits per heavy atom. The lowest BCUT2D eigenvalue weighted by molar-refractivity contribution is -0.915. The lowest BCUT2D eigenvalue weighted by Crippen LogP contribution is -3.15. The molecule has 5 nitrogen and oxygen atoms in total. The van der Waals surface area contributed by atoms with Gasteiger partial charge in [-0.2, -0.15) is 0 Å². The predicted molar refractivity (Wildman–Crippen MR) is 83.5 cm³/mol. The second-order valence-corrected chi connectivity index (χ2v) is 5.88. The van der Waals surface area contributed by atoms with Crippen molar-refractivity contribution >= 4 is 5.97 Å². The van der Waals surface area contributed by atoms with Gasteiger partial charge in [-0.25, -0.2) is 4.79 Å². The van der Waals surface area contributed by atoms with Crippen LogP contribution in [0.2, 0.25) is 0 Å². The molecule has 122 valence electrons. The largest absolute Gasteiger partial charge is 0.493 e. The number of hydrogen-bond donors (Lipinski definition) is 1. The fourth-order valence-corrected chi connectivity index (χ4v) is 2.91. The number of morpholine rings is 1. The van der Waals surface area contributed by atoms with Crippen LogP contribution in [-0.2, 0) is 9.47 Å². The zero-order chi connectivity index (χ0) is 15.9. The highest BCUT2D eigenvalue weighted by atomic mass is 16.5. The molecular weight excluding hydrogens is 282 g/mol. The van der Waals surface area contributed by atoms with Crippen molar-refractivity contribution in [2.24, 2.45) is 0 Å². The van der Waals surface area contributed by atoms with E-state index in [0.29, 0.717) is 24.4 Å². The number of rotatable bonds is 6. The third kappa shape index (κ3) is 5.00. The molecule has 1 N–H and O–H groups in total. The summed E-state index contributed by atoms with van der Waals surface area (Å²) in [5, 5.41) is 0. The van der Waals surface area contributed by atoms with Gasteiger partial charge < -0.3 is 19.1 Å². The first-order valence-electron chi connectivity index (χ1n) is 7.88. The second-order valence-electron chi connectivity index (χ2n) is 5.88. The van der Waals surface area contributed by atoms with Crippen LogP contribution in [0, 0.1) is 0 Å². The Morgan fingerprint density at radius 3 is 2.45 bits per heavy atom. The van der Waals surface area contributed by atoms with E-state index in [1.54, 1.807) is 29.2 Å². The van der Waals surface area contributed by atoms with Crippen molar-refractivity contribution in [1.82, 2.24) is 0 Å². The Hall–Kier alpha value is -1.59. The maximum absolute atomic E-state index is 11.3. The van der Waals surface area contributed by atoms with Crippen LogP contribution in [0.25, 0.3) is 0 Å². The summed E-state index contributed by atoms with van der Waals surface area (Å²) in [5.41, 5.74) is 0.538. The highest BCUT2D eigenvalue weighted by molar-refractivity contribution is 5.89. The van der Waals surface area contributed by atoms with Gasteiger partial charge in [0, 0.05) is 6.42 Å². The van der Waals surface area contributed by atoms with Crippen LogP contribution in [0.1, 0.15) is 30.6 Å². The topological polar surface area (TPSA) is 49.2 Å². The number of carbonyl (C=O) groups is 1. The summed E-state index contributed by atoms with van der Waals surface area (Å²) in [6, 6.07) is 7.05. The minimum atomic E-state index is -0.328. The molecule has 1 aliphatic heterocycles. The van der Waals surface area contributed by atoms with Crippen LogP contribution in [0.4, 0.5) is 0 Å². The molecule has 1 saturated heterocycles. The number of benzene rings is 1. The van der Waals surface area contributed by atoms with Gasteiger partial charge in [-0.05, 0) is 38.1 Å². The molecule has 0 aromatic heterocycles. The zero-order valence-electron chi connectivity index (χ0n) is 13.6. The van der Waals surface area contributed by atoms with E-state index in [1.165, 1.54) is 7.11 Å². The van der Waals surface area contributed by atoms with E-state index >= 15 is 0 Å². The van der Waals surface area contributed by atoms with Crippen LogP contribution < -0.4 is 9.64 Å². The molecule has 0 bridgehead atoms. The Balaban J connectivity index is 1.69. The number of nitrogens with one attached hydrogen (secondary N) is 1. The van der Waals surface area contributed by atoms with E-state index in [0.717, 1.165) is 31.8 Å². The highest BCUT2D eigenvalue weighted by Gasteiger charge is 2.24. The Labute approximate surface area is 132 Å². The van der Waals surface area contributed by atoms with Gasteiger partial charge in [0.1, 0.15) is 31.0 Å². The molecule has 2 rings (SSSR count). The van der Waals surface area contributed by atoms with Crippen molar-refractivity contribution in [3.63, 3.8) is 0 Å². The van der Waals surface area contributed by atoms with Gasteiger partial charge in [0.25, 0.3) is 0 Å². The number of esters is 1. The minimum Gasteiger partial charge on any atom is -0.493 e. The Bertz CT molecular complexity index is 464. The van der Waals surface area contributed by atoms with Gasteiger partial charge in [-0.1, -0.05) is 0 Å². The number of methoxy groups -OCH3 is 1. The third-order valence-electron chi connectivity index (χ3n) is 3.84. The average molecular weight is 308 g/mol. The van der Waals surface area contributed by atoms with Crippen molar-refractivity contribution < 1.29 is 23.9 Å². The van der Waals surface area contributed by atoms with Crippen LogP contribution in [0.5, 0.6) is 5.75 Å². The van der Waals surface area contributed by atoms with Crippen LogP contribution in [-0.4, -0.2) is 51.5 Å². The fourth-order valence-electron chi connectivity index (χ4n) is 2.91. The minimum absolute atomic E-state index is 0.328. The molecule has 0 aliphatic carbocycles. The van der Waals surface area contributed by atoms with Gasteiger partial charge in [-0.3, -0.25) is 0 Å². The lowest BCUT2D eigenvalue weighted by atomic mass is 10.2. The zero-order valence-corrected chi connectivity index (χ0v) is 13.6. The second kappa shape index (κ2) is 8.15. The molecule has 5 heteroatoms. The molecule has 0 radical (unpaired) electrons. The van der Waals surface area contributed by atoms with Crippen molar-refractivity contribution in [3.8, 4) is 5.75 Å². The number of hydrogen-bond acceptors (Lipinski definition) is 4. The molecule has 1 fully saturated rings. The Morgan fingerprint density at radius 2 is 1.86 bits per heavy atom. The summed E-state index contributed by atoms with van der Waals surface area (Å²) < 4.78 is 16.1. The summed E-state index contributed by atoms with van der Waals surface area (Å²) in [7, 11) is 1.38. The Kier molecular flexibility index (Phi) is 6.21. The summed E-state index contributed by atoms with van der Waals surface area (Å²) >= 11 is 0. The standard InChI is InChI=1S/C17H25NO4/c1-13-11-18(12-14(2)22-13)9-4-10-21-16-7-5-15(6-8-16)17(19)20-3/h5-8,13-14H,4,9-12H2,1-3H3/p+1/t13-,14-/m1/s1. The van der Waals surface area contributed by atoms with E-state index in [-0.39, 0.29) is 5.97 Å². The van der Waals surface area contributed by atoms with Gasteiger partial charge in [0.2, 0.25) is 0 Å². The maximum atomic E-state index is 11.3. The summed E-state index contributed by atoms with van der Waals surface area (Å²) in [4.78, 5) is 12.9. The van der Waals surface area contributed by atoms with E-state index < -0.39 is 0 Å². The summed E-state index contributed by atoms with van der Waals surface area (Å²) in [6.07, 6.45) is 1.68. The van der Waals surface area contributed by atoms with Crippen LogP contribution in [0.15, 0.2) is 24.3 Å². The molecular formula is C17H26NO4+. The average Bonchev–Trinajstić information content (AvgIpc) is 2.50. The molecule has 2 atom stereocenters. The first kappa shape index (κ1) is 16.8. The molecule has 22 heavy (non-hydrogen) atoms. The molecule has 0 amide bonds. The summed E-state index contributed by atoms with van der Waals surface area (Å²) in [6.45, 7) is 8.18. The maximum Gasteiger partial charge on any atom is 0.337 e. The van der Waals surface area contributed by atoms with Gasteiger partial charge in [0.15, 0.2) is 0 Å². The summed E-state index contributed by atoms with van der Waals surface area (Å²) in [5.74, 6) is 0.456. The molecule has 1 aromatic rings. The quantitative estimate of drug-likeness (QED) is 0.627. The van der Waals surface area contributed by atoms with E-state index in [1.807, 2.05) is 0 Å². The molecule has 0 unspecified atom stereocenters. The molecule has 0 saturated carbocycles. The highest BCUT2D eigenvalue weighted by Crippen LogP contribution is 2.12. The lowest BCUT2D eigenvalue weighted by Gasteiger charge is -2.32. The van der Waals surface area contributed by atoms with E-state index in [4.69, 9.17) is 9.47 Å². The first-order valence-corrected chi connectivity index (χ1v) is 7.88. The SMILES string of the molecule is COC(=O)c1ccc(OCCC[NH+]2C[C@@H](C)O[C@H](C)C2)cc1.